The van der Waals surface area contributed by atoms with Gasteiger partial charge in [-0.2, -0.15) is 0 Å². The summed E-state index contributed by atoms with van der Waals surface area (Å²) in [6, 6.07) is 25.7. The summed E-state index contributed by atoms with van der Waals surface area (Å²) in [4.78, 5) is 2.44. The molecule has 0 amide bonds. The molecule has 0 spiro atoms. The number of rotatable bonds is 6. The lowest BCUT2D eigenvalue weighted by Crippen LogP contribution is -2.23. The summed E-state index contributed by atoms with van der Waals surface area (Å²) < 4.78 is 11.1. The number of aryl methyl sites for hydroxylation is 2. The van der Waals surface area contributed by atoms with Crippen molar-refractivity contribution < 1.29 is 9.47 Å². The van der Waals surface area contributed by atoms with E-state index in [0.29, 0.717) is 0 Å². The average molecular weight is 371 g/mol. The monoisotopic (exact) mass is 371 g/mol. The Bertz CT molecular complexity index is 902. The normalized spacial score (nSPS) is 13.2. The maximum atomic E-state index is 5.55. The van der Waals surface area contributed by atoms with Crippen LogP contribution in [-0.4, -0.2) is 0 Å². The van der Waals surface area contributed by atoms with Gasteiger partial charge in [0.2, 0.25) is 0 Å². The first kappa shape index (κ1) is 18.2. The zero-order valence-electron chi connectivity index (χ0n) is 16.3. The van der Waals surface area contributed by atoms with Gasteiger partial charge in [-0.3, -0.25) is 0 Å². The molecule has 0 aliphatic carbocycles. The Kier molecular flexibility index (Phi) is 5.34. The van der Waals surface area contributed by atoms with Gasteiger partial charge in [0.15, 0.2) is 0 Å². The van der Waals surface area contributed by atoms with Crippen LogP contribution in [-0.2, 0) is 22.6 Å². The summed E-state index contributed by atoms with van der Waals surface area (Å²) in [5, 5.41) is 0. The van der Waals surface area contributed by atoms with Crippen LogP contribution in [0.1, 0.15) is 34.1 Å². The molecule has 0 saturated heterocycles. The third-order valence-electron chi connectivity index (χ3n) is 5.07. The van der Waals surface area contributed by atoms with Gasteiger partial charge in [0.25, 0.3) is 6.29 Å². The first-order chi connectivity index (χ1) is 13.7. The van der Waals surface area contributed by atoms with Gasteiger partial charge in [-0.1, -0.05) is 60.7 Å². The van der Waals surface area contributed by atoms with E-state index in [9.17, 15) is 0 Å². The van der Waals surface area contributed by atoms with Gasteiger partial charge in [-0.15, -0.1) is 0 Å². The highest BCUT2D eigenvalue weighted by atomic mass is 16.7. The Labute approximate surface area is 166 Å². The molecule has 3 nitrogen and oxygen atoms in total. The molecule has 4 rings (SSSR count). The van der Waals surface area contributed by atoms with Crippen molar-refractivity contribution in [2.45, 2.75) is 33.2 Å². The van der Waals surface area contributed by atoms with Crippen LogP contribution in [0.5, 0.6) is 0 Å². The fraction of sp³-hybridized carbons (Fsp3) is 0.200. The van der Waals surface area contributed by atoms with Crippen molar-refractivity contribution in [3.63, 3.8) is 0 Å². The predicted molar refractivity (Wildman–Crippen MR) is 113 cm³/mol. The van der Waals surface area contributed by atoms with Crippen LogP contribution in [0, 0.1) is 13.8 Å². The van der Waals surface area contributed by atoms with Crippen LogP contribution in [0.4, 0.5) is 5.69 Å². The van der Waals surface area contributed by atoms with Crippen molar-refractivity contribution in [1.29, 1.82) is 0 Å². The average Bonchev–Trinajstić information content (AvgIpc) is 3.25. The van der Waals surface area contributed by atoms with Gasteiger partial charge in [0.1, 0.15) is 12.5 Å². The molecule has 3 aromatic rings. The topological polar surface area (TPSA) is 21.7 Å². The van der Waals surface area contributed by atoms with E-state index in [-0.39, 0.29) is 6.29 Å². The molecular weight excluding hydrogens is 346 g/mol. The Balaban J connectivity index is 1.67. The van der Waals surface area contributed by atoms with Crippen molar-refractivity contribution >= 4 is 5.69 Å². The fourth-order valence-corrected chi connectivity index (χ4v) is 3.64. The molecule has 0 aromatic heterocycles. The van der Waals surface area contributed by atoms with Crippen molar-refractivity contribution in [2.24, 2.45) is 0 Å². The van der Waals surface area contributed by atoms with E-state index < -0.39 is 0 Å². The number of hydrogen-bond donors (Lipinski definition) is 0. The van der Waals surface area contributed by atoms with Crippen LogP contribution < -0.4 is 4.90 Å². The maximum Gasteiger partial charge on any atom is 0.266 e. The molecule has 0 atom stereocenters. The summed E-state index contributed by atoms with van der Waals surface area (Å²) in [6.07, 6.45) is 2.86. The van der Waals surface area contributed by atoms with E-state index in [1.807, 2.05) is 0 Å². The van der Waals surface area contributed by atoms with Gasteiger partial charge >= 0.3 is 0 Å². The lowest BCUT2D eigenvalue weighted by atomic mass is 10.0. The highest BCUT2D eigenvalue weighted by Gasteiger charge is 2.21. The second kappa shape index (κ2) is 8.22. The van der Waals surface area contributed by atoms with E-state index in [1.54, 1.807) is 12.5 Å². The van der Waals surface area contributed by atoms with E-state index in [1.165, 1.54) is 27.9 Å². The molecular formula is C25H25NO2. The van der Waals surface area contributed by atoms with Gasteiger partial charge in [-0.05, 0) is 48.2 Å². The van der Waals surface area contributed by atoms with Crippen molar-refractivity contribution in [2.75, 3.05) is 4.90 Å². The minimum absolute atomic E-state index is 0.343. The van der Waals surface area contributed by atoms with Crippen molar-refractivity contribution in [1.82, 2.24) is 0 Å². The van der Waals surface area contributed by atoms with Crippen LogP contribution in [0.25, 0.3) is 0 Å². The Hall–Kier alpha value is -3.20. The fourth-order valence-electron chi connectivity index (χ4n) is 3.64. The summed E-state index contributed by atoms with van der Waals surface area (Å²) in [5.41, 5.74) is 7.29. The van der Waals surface area contributed by atoms with Crippen LogP contribution in [0.15, 0.2) is 85.3 Å². The number of hydrogen-bond acceptors (Lipinski definition) is 3. The summed E-state index contributed by atoms with van der Waals surface area (Å²) in [6.45, 7) is 5.98. The quantitative estimate of drug-likeness (QED) is 0.528. The van der Waals surface area contributed by atoms with Crippen LogP contribution in [0.2, 0.25) is 0 Å². The van der Waals surface area contributed by atoms with Gasteiger partial charge in [-0.25, -0.2) is 0 Å². The molecule has 28 heavy (non-hydrogen) atoms. The minimum Gasteiger partial charge on any atom is -0.455 e. The second-order valence-corrected chi connectivity index (χ2v) is 7.20. The summed E-state index contributed by atoms with van der Waals surface area (Å²) in [7, 11) is 0. The SMILES string of the molecule is Cc1cc(N(Cc2ccccc2)Cc2ccccc2)c(C)cc1C1OC=CO1. The lowest BCUT2D eigenvalue weighted by molar-refractivity contribution is -0.0250. The largest absolute Gasteiger partial charge is 0.455 e. The van der Waals surface area contributed by atoms with Crippen LogP contribution >= 0.6 is 0 Å². The Morgan fingerprint density at radius 2 is 1.25 bits per heavy atom. The number of benzene rings is 3. The molecule has 1 heterocycles. The molecule has 0 saturated carbocycles. The zero-order chi connectivity index (χ0) is 19.3. The maximum absolute atomic E-state index is 5.55. The van der Waals surface area contributed by atoms with Gasteiger partial charge in [0.05, 0.1) is 0 Å². The van der Waals surface area contributed by atoms with Gasteiger partial charge in [0, 0.05) is 24.3 Å². The molecule has 3 aromatic carbocycles. The third kappa shape index (κ3) is 4.04. The third-order valence-corrected chi connectivity index (χ3v) is 5.07. The molecule has 0 N–H and O–H groups in total. The number of anilines is 1. The molecule has 142 valence electrons. The molecule has 0 fully saturated rings. The predicted octanol–water partition coefficient (Wildman–Crippen LogP) is 6.03. The summed E-state index contributed by atoms with van der Waals surface area (Å²) >= 11 is 0. The van der Waals surface area contributed by atoms with E-state index in [2.05, 4.69) is 91.5 Å². The van der Waals surface area contributed by atoms with E-state index >= 15 is 0 Å². The lowest BCUT2D eigenvalue weighted by Gasteiger charge is -2.28. The molecule has 0 bridgehead atoms. The number of nitrogens with zero attached hydrogens (tertiary/aromatic N) is 1. The standard InChI is InChI=1S/C25H25NO2/c1-19-16-24(20(2)15-23(19)25-27-13-14-28-25)26(17-21-9-5-3-6-10-21)18-22-11-7-4-8-12-22/h3-16,25H,17-18H2,1-2H3. The highest BCUT2D eigenvalue weighted by Crippen LogP contribution is 2.33. The molecule has 0 unspecified atom stereocenters. The molecule has 0 radical (unpaired) electrons. The first-order valence-corrected chi connectivity index (χ1v) is 9.60. The highest BCUT2D eigenvalue weighted by molar-refractivity contribution is 5.58. The van der Waals surface area contributed by atoms with Gasteiger partial charge < -0.3 is 14.4 Å². The summed E-state index contributed by atoms with van der Waals surface area (Å²) in [5.74, 6) is 0. The Morgan fingerprint density at radius 1 is 0.714 bits per heavy atom. The smallest absolute Gasteiger partial charge is 0.266 e. The zero-order valence-corrected chi connectivity index (χ0v) is 16.3. The van der Waals surface area contributed by atoms with E-state index in [0.717, 1.165) is 18.7 Å². The first-order valence-electron chi connectivity index (χ1n) is 9.60. The van der Waals surface area contributed by atoms with Crippen molar-refractivity contribution in [3.05, 3.63) is 113 Å². The van der Waals surface area contributed by atoms with E-state index in [4.69, 9.17) is 9.47 Å². The number of ether oxygens (including phenoxy) is 2. The van der Waals surface area contributed by atoms with Crippen molar-refractivity contribution in [3.8, 4) is 0 Å². The molecule has 3 heteroatoms. The van der Waals surface area contributed by atoms with Crippen LogP contribution in [0.3, 0.4) is 0 Å². The minimum atomic E-state index is -0.343. The molecule has 1 aliphatic rings. The molecule has 1 aliphatic heterocycles. The second-order valence-electron chi connectivity index (χ2n) is 7.20. The Morgan fingerprint density at radius 3 is 1.79 bits per heavy atom.